The van der Waals surface area contributed by atoms with Gasteiger partial charge in [-0.15, -0.1) is 0 Å². The number of hydrogen-bond donors (Lipinski definition) is 1. The van der Waals surface area contributed by atoms with Crippen LogP contribution >= 0.6 is 11.3 Å². The van der Waals surface area contributed by atoms with Crippen LogP contribution in [0.5, 0.6) is 0 Å². The predicted octanol–water partition coefficient (Wildman–Crippen LogP) is 1.52. The van der Waals surface area contributed by atoms with Crippen LogP contribution in [0.1, 0.15) is 10.4 Å². The molecule has 0 saturated carbocycles. The van der Waals surface area contributed by atoms with Crippen LogP contribution in [0.15, 0.2) is 29.2 Å². The lowest BCUT2D eigenvalue weighted by atomic mass is 10.3. The minimum absolute atomic E-state index is 0.144. The fraction of sp³-hybridized carbons (Fsp3) is 0. The van der Waals surface area contributed by atoms with Gasteiger partial charge in [-0.3, -0.25) is 14.9 Å². The van der Waals surface area contributed by atoms with E-state index < -0.39 is 22.0 Å². The molecule has 3 aromatic rings. The minimum atomic E-state index is -1.39. The van der Waals surface area contributed by atoms with Crippen LogP contribution in [0.4, 0.5) is 5.69 Å². The number of carboxylic acids is 1. The molecule has 0 atom stereocenters. The van der Waals surface area contributed by atoms with Crippen molar-refractivity contribution in [3.05, 3.63) is 50.4 Å². The summed E-state index contributed by atoms with van der Waals surface area (Å²) in [7, 11) is 0. The summed E-state index contributed by atoms with van der Waals surface area (Å²) < 4.78 is 1.36. The molecule has 1 N–H and O–H groups in total. The topological polar surface area (TPSA) is 115 Å². The molecular formula is C11H5N3O5S. The van der Waals surface area contributed by atoms with Crippen molar-refractivity contribution in [3.63, 3.8) is 0 Å². The molecule has 0 unspecified atom stereocenters. The average Bonchev–Trinajstić information content (AvgIpc) is 2.77. The van der Waals surface area contributed by atoms with Gasteiger partial charge in [0, 0.05) is 6.07 Å². The van der Waals surface area contributed by atoms with Gasteiger partial charge < -0.3 is 5.11 Å². The molecule has 0 fully saturated rings. The van der Waals surface area contributed by atoms with Crippen molar-refractivity contribution >= 4 is 38.2 Å². The van der Waals surface area contributed by atoms with E-state index in [1.807, 2.05) is 0 Å². The second kappa shape index (κ2) is 4.10. The molecule has 1 aromatic carbocycles. The van der Waals surface area contributed by atoms with E-state index in [4.69, 9.17) is 5.11 Å². The maximum Gasteiger partial charge on any atom is 0.342 e. The first-order valence-electron chi connectivity index (χ1n) is 5.31. The number of non-ortho nitro benzene ring substituents is 1. The second-order valence-electron chi connectivity index (χ2n) is 3.88. The van der Waals surface area contributed by atoms with E-state index in [0.717, 1.165) is 21.9 Å². The summed E-state index contributed by atoms with van der Waals surface area (Å²) in [6.45, 7) is 0. The second-order valence-corrected chi connectivity index (χ2v) is 4.86. The Labute approximate surface area is 113 Å². The number of rotatable bonds is 2. The molecule has 0 bridgehead atoms. The van der Waals surface area contributed by atoms with Crippen molar-refractivity contribution in [2.75, 3.05) is 0 Å². The van der Waals surface area contributed by atoms with Gasteiger partial charge in [-0.1, -0.05) is 17.4 Å². The van der Waals surface area contributed by atoms with Crippen molar-refractivity contribution in [1.29, 1.82) is 0 Å². The van der Waals surface area contributed by atoms with E-state index in [1.165, 1.54) is 18.2 Å². The number of carboxylic acid groups (broad SMARTS) is 1. The number of thiazole rings is 1. The molecule has 0 aliphatic heterocycles. The number of nitro benzene ring substituents is 1. The number of aromatic nitrogens is 2. The first-order chi connectivity index (χ1) is 9.50. The zero-order valence-electron chi connectivity index (χ0n) is 9.64. The Kier molecular flexibility index (Phi) is 2.51. The van der Waals surface area contributed by atoms with Gasteiger partial charge in [0.05, 0.1) is 16.6 Å². The Balaban J connectivity index is 2.54. The molecule has 9 heteroatoms. The van der Waals surface area contributed by atoms with Crippen molar-refractivity contribution in [2.45, 2.75) is 0 Å². The minimum Gasteiger partial charge on any atom is -0.477 e. The Morgan fingerprint density at radius 3 is 2.85 bits per heavy atom. The van der Waals surface area contributed by atoms with Gasteiger partial charge in [0.15, 0.2) is 4.96 Å². The van der Waals surface area contributed by atoms with Crippen LogP contribution in [0.3, 0.4) is 0 Å². The summed E-state index contributed by atoms with van der Waals surface area (Å²) in [5.41, 5.74) is -1.10. The van der Waals surface area contributed by atoms with Gasteiger partial charge in [-0.2, -0.15) is 0 Å². The number of hydrogen-bond acceptors (Lipinski definition) is 6. The summed E-state index contributed by atoms with van der Waals surface area (Å²) >= 11 is 0.968. The molecule has 0 aliphatic carbocycles. The first-order valence-corrected chi connectivity index (χ1v) is 6.13. The molecule has 3 rings (SSSR count). The third-order valence-electron chi connectivity index (χ3n) is 2.76. The monoisotopic (exact) mass is 291 g/mol. The Bertz CT molecular complexity index is 942. The molecule has 0 radical (unpaired) electrons. The van der Waals surface area contributed by atoms with Gasteiger partial charge >= 0.3 is 5.97 Å². The Hall–Kier alpha value is -2.81. The largest absolute Gasteiger partial charge is 0.477 e. The van der Waals surface area contributed by atoms with Crippen molar-refractivity contribution in [2.24, 2.45) is 0 Å². The fourth-order valence-corrected chi connectivity index (χ4v) is 2.97. The number of aromatic carboxylic acids is 1. The normalized spacial score (nSPS) is 11.0. The number of carbonyl (C=O) groups is 1. The highest BCUT2D eigenvalue weighted by atomic mass is 32.1. The van der Waals surface area contributed by atoms with Gasteiger partial charge in [0.2, 0.25) is 0 Å². The number of nitrogens with zero attached hydrogens (tertiary/aromatic N) is 3. The summed E-state index contributed by atoms with van der Waals surface area (Å²) in [5, 5.41) is 19.9. The SMILES string of the molecule is O=C(O)c1cnc2sc3c([N+](=O)[O-])cccc3n2c1=O. The van der Waals surface area contributed by atoms with E-state index in [1.54, 1.807) is 0 Å². The van der Waals surface area contributed by atoms with Gasteiger partial charge in [-0.05, 0) is 6.07 Å². The molecule has 0 spiro atoms. The lowest BCUT2D eigenvalue weighted by molar-refractivity contribution is -0.382. The van der Waals surface area contributed by atoms with Crippen molar-refractivity contribution < 1.29 is 14.8 Å². The zero-order valence-corrected chi connectivity index (χ0v) is 10.5. The molecule has 2 heterocycles. The third kappa shape index (κ3) is 1.57. The van der Waals surface area contributed by atoms with Crippen LogP contribution < -0.4 is 5.56 Å². The molecule has 20 heavy (non-hydrogen) atoms. The van der Waals surface area contributed by atoms with E-state index in [9.17, 15) is 19.7 Å². The smallest absolute Gasteiger partial charge is 0.342 e. The predicted molar refractivity (Wildman–Crippen MR) is 70.5 cm³/mol. The molecule has 2 aromatic heterocycles. The van der Waals surface area contributed by atoms with E-state index in [2.05, 4.69) is 4.98 Å². The van der Waals surface area contributed by atoms with Crippen molar-refractivity contribution in [1.82, 2.24) is 9.38 Å². The van der Waals surface area contributed by atoms with Crippen LogP contribution in [0, 0.1) is 10.1 Å². The number of fused-ring (bicyclic) bond motifs is 3. The van der Waals surface area contributed by atoms with Crippen LogP contribution in [0.2, 0.25) is 0 Å². The van der Waals surface area contributed by atoms with Crippen LogP contribution in [0.25, 0.3) is 15.2 Å². The zero-order chi connectivity index (χ0) is 14.4. The van der Waals surface area contributed by atoms with Crippen LogP contribution in [-0.4, -0.2) is 25.4 Å². The van der Waals surface area contributed by atoms with Crippen LogP contribution in [-0.2, 0) is 0 Å². The highest BCUT2D eigenvalue weighted by Gasteiger charge is 2.20. The molecule has 0 aliphatic rings. The Morgan fingerprint density at radius 2 is 2.20 bits per heavy atom. The highest BCUT2D eigenvalue weighted by Crippen LogP contribution is 2.31. The average molecular weight is 291 g/mol. The summed E-state index contributed by atoms with van der Waals surface area (Å²) in [6.07, 6.45) is 0.960. The molecular weight excluding hydrogens is 286 g/mol. The first kappa shape index (κ1) is 12.2. The summed E-state index contributed by atoms with van der Waals surface area (Å²) in [4.78, 5) is 37.5. The lowest BCUT2D eigenvalue weighted by Gasteiger charge is -1.96. The van der Waals surface area contributed by atoms with Gasteiger partial charge in [0.25, 0.3) is 11.2 Å². The van der Waals surface area contributed by atoms with Crippen molar-refractivity contribution in [3.8, 4) is 0 Å². The molecule has 0 amide bonds. The molecule has 8 nitrogen and oxygen atoms in total. The lowest BCUT2D eigenvalue weighted by Crippen LogP contribution is -2.21. The van der Waals surface area contributed by atoms with Gasteiger partial charge in [-0.25, -0.2) is 14.2 Å². The molecule has 100 valence electrons. The highest BCUT2D eigenvalue weighted by molar-refractivity contribution is 7.24. The summed E-state index contributed by atoms with van der Waals surface area (Å²) in [6, 6.07) is 4.27. The van der Waals surface area contributed by atoms with E-state index >= 15 is 0 Å². The maximum absolute atomic E-state index is 12.1. The maximum atomic E-state index is 12.1. The fourth-order valence-electron chi connectivity index (χ4n) is 1.90. The third-order valence-corrected chi connectivity index (χ3v) is 3.86. The number of nitro groups is 1. The van der Waals surface area contributed by atoms with E-state index in [0.29, 0.717) is 0 Å². The standard InChI is InChI=1S/C11H5N3O5S/c15-9-5(10(16)17)4-12-11-13(9)6-2-1-3-7(14(18)19)8(6)20-11/h1-4H,(H,16,17). The Morgan fingerprint density at radius 1 is 1.45 bits per heavy atom. The van der Waals surface area contributed by atoms with E-state index in [-0.39, 0.29) is 20.9 Å². The number of benzene rings is 1. The summed E-state index contributed by atoms with van der Waals surface area (Å²) in [5.74, 6) is -1.39. The quantitative estimate of drug-likeness (QED) is 0.565. The molecule has 0 saturated heterocycles. The van der Waals surface area contributed by atoms with Gasteiger partial charge in [0.1, 0.15) is 10.3 Å².